The Morgan fingerprint density at radius 3 is 2.59 bits per heavy atom. The lowest BCUT2D eigenvalue weighted by atomic mass is 10.1. The Morgan fingerprint density at radius 2 is 1.78 bits per heavy atom. The molecule has 0 saturated carbocycles. The minimum atomic E-state index is -0.186. The Labute approximate surface area is 162 Å². The van der Waals surface area contributed by atoms with Crippen molar-refractivity contribution < 1.29 is 13.9 Å². The minimum Gasteiger partial charge on any atom is -0.485 e. The molecule has 2 aromatic carbocycles. The van der Waals surface area contributed by atoms with Crippen LogP contribution in [0.25, 0.3) is 22.3 Å². The molecule has 1 aliphatic heterocycles. The van der Waals surface area contributed by atoms with Gasteiger partial charge in [-0.05, 0) is 24.3 Å². The van der Waals surface area contributed by atoms with Crippen LogP contribution in [-0.4, -0.2) is 44.4 Å². The third kappa shape index (κ3) is 3.86. The number of hydrogen-bond acceptors (Lipinski definition) is 5. The zero-order valence-corrected chi connectivity index (χ0v) is 15.6. The van der Waals surface area contributed by atoms with Crippen LogP contribution in [0.2, 0.25) is 5.02 Å². The van der Waals surface area contributed by atoms with Gasteiger partial charge in [0.2, 0.25) is 11.2 Å². The molecule has 0 amide bonds. The van der Waals surface area contributed by atoms with E-state index in [1.807, 2.05) is 30.3 Å². The average molecular weight is 386 g/mol. The molecule has 1 aromatic heterocycles. The third-order valence-electron chi connectivity index (χ3n) is 4.63. The fraction of sp³-hybridized carbons (Fsp3) is 0.286. The van der Waals surface area contributed by atoms with Crippen LogP contribution in [-0.2, 0) is 4.74 Å². The summed E-state index contributed by atoms with van der Waals surface area (Å²) in [5.41, 5.74) is 0.968. The van der Waals surface area contributed by atoms with Gasteiger partial charge in [-0.25, -0.2) is 0 Å². The summed E-state index contributed by atoms with van der Waals surface area (Å²) in [7, 11) is 0. The summed E-state index contributed by atoms with van der Waals surface area (Å²) in [5, 5.41) is 1.00. The number of rotatable bonds is 5. The lowest BCUT2D eigenvalue weighted by Crippen LogP contribution is -2.38. The largest absolute Gasteiger partial charge is 0.485 e. The number of fused-ring (bicyclic) bond motifs is 1. The van der Waals surface area contributed by atoms with E-state index in [1.165, 1.54) is 0 Å². The van der Waals surface area contributed by atoms with Crippen LogP contribution in [0.1, 0.15) is 0 Å². The van der Waals surface area contributed by atoms with E-state index in [9.17, 15) is 4.79 Å². The van der Waals surface area contributed by atoms with Crippen LogP contribution < -0.4 is 10.2 Å². The van der Waals surface area contributed by atoms with Crippen LogP contribution in [0, 0.1) is 0 Å². The molecule has 1 saturated heterocycles. The van der Waals surface area contributed by atoms with E-state index in [0.717, 1.165) is 32.8 Å². The van der Waals surface area contributed by atoms with E-state index in [0.29, 0.717) is 33.9 Å². The number of morpholine rings is 1. The maximum absolute atomic E-state index is 13.1. The Kier molecular flexibility index (Phi) is 5.43. The van der Waals surface area contributed by atoms with E-state index in [-0.39, 0.29) is 11.2 Å². The van der Waals surface area contributed by atoms with E-state index >= 15 is 0 Å². The predicted molar refractivity (Wildman–Crippen MR) is 106 cm³/mol. The first kappa shape index (κ1) is 18.0. The molecular weight excluding hydrogens is 366 g/mol. The van der Waals surface area contributed by atoms with Crippen molar-refractivity contribution in [1.29, 1.82) is 0 Å². The molecular formula is C21H20ClNO4. The Bertz CT molecular complexity index is 995. The van der Waals surface area contributed by atoms with Crippen molar-refractivity contribution in [2.45, 2.75) is 0 Å². The van der Waals surface area contributed by atoms with Crippen molar-refractivity contribution in [2.24, 2.45) is 0 Å². The Morgan fingerprint density at radius 1 is 1.04 bits per heavy atom. The van der Waals surface area contributed by atoms with Gasteiger partial charge in [0.15, 0.2) is 5.76 Å². The predicted octanol–water partition coefficient (Wildman–Crippen LogP) is 3.82. The second-order valence-corrected chi connectivity index (χ2v) is 6.78. The molecule has 6 heteroatoms. The normalized spacial score (nSPS) is 15.1. The summed E-state index contributed by atoms with van der Waals surface area (Å²) in [6.07, 6.45) is 0. The van der Waals surface area contributed by atoms with Crippen molar-refractivity contribution in [3.05, 3.63) is 63.8 Å². The molecule has 0 aliphatic carbocycles. The highest BCUT2D eigenvalue weighted by Gasteiger charge is 2.20. The first-order valence-corrected chi connectivity index (χ1v) is 9.35. The van der Waals surface area contributed by atoms with Gasteiger partial charge in [-0.1, -0.05) is 35.9 Å². The molecule has 140 valence electrons. The smallest absolute Gasteiger partial charge is 0.235 e. The fourth-order valence-corrected chi connectivity index (χ4v) is 3.40. The van der Waals surface area contributed by atoms with Crippen molar-refractivity contribution in [1.82, 2.24) is 4.90 Å². The molecule has 0 unspecified atom stereocenters. The second-order valence-electron chi connectivity index (χ2n) is 6.37. The van der Waals surface area contributed by atoms with Crippen molar-refractivity contribution >= 4 is 22.6 Å². The highest BCUT2D eigenvalue weighted by Crippen LogP contribution is 2.35. The van der Waals surface area contributed by atoms with Gasteiger partial charge in [0.05, 0.1) is 23.6 Å². The quantitative estimate of drug-likeness (QED) is 0.668. The number of ether oxygens (including phenoxy) is 2. The molecule has 0 N–H and O–H groups in total. The summed E-state index contributed by atoms with van der Waals surface area (Å²) < 4.78 is 17.3. The van der Waals surface area contributed by atoms with Crippen molar-refractivity contribution in [3.63, 3.8) is 0 Å². The molecule has 3 aromatic rings. The van der Waals surface area contributed by atoms with Crippen LogP contribution in [0.5, 0.6) is 5.75 Å². The first-order chi connectivity index (χ1) is 13.2. The SMILES string of the molecule is O=c1c(OCCN2CCOCC2)c(-c2ccccc2Cl)oc2ccccc12. The second kappa shape index (κ2) is 8.13. The van der Waals surface area contributed by atoms with Gasteiger partial charge < -0.3 is 13.9 Å². The van der Waals surface area contributed by atoms with Gasteiger partial charge >= 0.3 is 0 Å². The monoisotopic (exact) mass is 385 g/mol. The minimum absolute atomic E-state index is 0.186. The summed E-state index contributed by atoms with van der Waals surface area (Å²) in [6.45, 7) is 4.30. The molecule has 5 nitrogen and oxygen atoms in total. The number of para-hydroxylation sites is 1. The summed E-state index contributed by atoms with van der Waals surface area (Å²) >= 11 is 6.35. The van der Waals surface area contributed by atoms with Crippen LogP contribution in [0.3, 0.4) is 0 Å². The summed E-state index contributed by atoms with van der Waals surface area (Å²) in [5.74, 6) is 0.571. The maximum Gasteiger partial charge on any atom is 0.235 e. The molecule has 0 atom stereocenters. The molecule has 1 aliphatic rings. The zero-order chi connectivity index (χ0) is 18.6. The summed E-state index contributed by atoms with van der Waals surface area (Å²) in [4.78, 5) is 15.3. The first-order valence-electron chi connectivity index (χ1n) is 8.97. The summed E-state index contributed by atoms with van der Waals surface area (Å²) in [6, 6.07) is 14.4. The number of hydrogen-bond donors (Lipinski definition) is 0. The van der Waals surface area contributed by atoms with Crippen LogP contribution >= 0.6 is 11.6 Å². The molecule has 27 heavy (non-hydrogen) atoms. The third-order valence-corrected chi connectivity index (χ3v) is 4.96. The van der Waals surface area contributed by atoms with Gasteiger partial charge in [0, 0.05) is 25.2 Å². The van der Waals surface area contributed by atoms with Gasteiger partial charge in [0.1, 0.15) is 12.2 Å². The Balaban J connectivity index is 1.70. The van der Waals surface area contributed by atoms with Crippen molar-refractivity contribution in [3.8, 4) is 17.1 Å². The molecule has 2 heterocycles. The van der Waals surface area contributed by atoms with E-state index in [1.54, 1.807) is 18.2 Å². The molecule has 0 radical (unpaired) electrons. The lowest BCUT2D eigenvalue weighted by molar-refractivity contribution is 0.0321. The van der Waals surface area contributed by atoms with Gasteiger partial charge in [0.25, 0.3) is 0 Å². The lowest BCUT2D eigenvalue weighted by Gasteiger charge is -2.26. The van der Waals surface area contributed by atoms with E-state index in [2.05, 4.69) is 4.90 Å². The maximum atomic E-state index is 13.1. The van der Waals surface area contributed by atoms with E-state index < -0.39 is 0 Å². The fourth-order valence-electron chi connectivity index (χ4n) is 3.18. The topological polar surface area (TPSA) is 51.9 Å². The van der Waals surface area contributed by atoms with Gasteiger partial charge in [-0.15, -0.1) is 0 Å². The Hall–Kier alpha value is -2.34. The molecule has 0 spiro atoms. The molecule has 1 fully saturated rings. The van der Waals surface area contributed by atoms with Crippen LogP contribution in [0.4, 0.5) is 0 Å². The van der Waals surface area contributed by atoms with E-state index in [4.69, 9.17) is 25.5 Å². The van der Waals surface area contributed by atoms with Gasteiger partial charge in [-0.3, -0.25) is 9.69 Å². The average Bonchev–Trinajstić information content (AvgIpc) is 2.71. The highest BCUT2D eigenvalue weighted by molar-refractivity contribution is 6.33. The van der Waals surface area contributed by atoms with Crippen molar-refractivity contribution in [2.75, 3.05) is 39.5 Å². The highest BCUT2D eigenvalue weighted by atomic mass is 35.5. The molecule has 0 bridgehead atoms. The number of nitrogens with zero attached hydrogens (tertiary/aromatic N) is 1. The number of halogens is 1. The van der Waals surface area contributed by atoms with Gasteiger partial charge in [-0.2, -0.15) is 0 Å². The number of benzene rings is 2. The zero-order valence-electron chi connectivity index (χ0n) is 14.8. The molecule has 4 rings (SSSR count). The van der Waals surface area contributed by atoms with Crippen LogP contribution in [0.15, 0.2) is 57.7 Å². The standard InChI is InChI=1S/C21H20ClNO4/c22-17-7-3-1-5-15(17)20-21(26-14-11-23-9-12-25-13-10-23)19(24)16-6-2-4-8-18(16)27-20/h1-8H,9-14H2.